The predicted molar refractivity (Wildman–Crippen MR) is 71.9 cm³/mol. The van der Waals surface area contributed by atoms with Crippen molar-refractivity contribution in [3.05, 3.63) is 29.3 Å². The molecule has 0 bridgehead atoms. The second-order valence-electron chi connectivity index (χ2n) is 4.86. The van der Waals surface area contributed by atoms with Crippen molar-refractivity contribution in [2.24, 2.45) is 5.73 Å². The second kappa shape index (κ2) is 5.29. The number of nitrogens with zero attached hydrogens (tertiary/aromatic N) is 2. The molecule has 0 amide bonds. The highest BCUT2D eigenvalue weighted by Gasteiger charge is 2.29. The van der Waals surface area contributed by atoms with Crippen molar-refractivity contribution < 1.29 is 8.42 Å². The maximum absolute atomic E-state index is 12.5. The van der Waals surface area contributed by atoms with Crippen LogP contribution in [0.5, 0.6) is 0 Å². The van der Waals surface area contributed by atoms with E-state index in [1.54, 1.807) is 13.0 Å². The van der Waals surface area contributed by atoms with Gasteiger partial charge in [-0.2, -0.15) is 9.57 Å². The van der Waals surface area contributed by atoms with Gasteiger partial charge >= 0.3 is 0 Å². The third kappa shape index (κ3) is 2.78. The van der Waals surface area contributed by atoms with E-state index in [4.69, 9.17) is 11.0 Å². The molecule has 0 aromatic heterocycles. The van der Waals surface area contributed by atoms with E-state index in [2.05, 4.69) is 0 Å². The van der Waals surface area contributed by atoms with Crippen LogP contribution in [0.15, 0.2) is 23.1 Å². The summed E-state index contributed by atoms with van der Waals surface area (Å²) < 4.78 is 26.5. The number of nitriles is 1. The Balaban J connectivity index is 2.37. The summed E-state index contributed by atoms with van der Waals surface area (Å²) in [6.45, 7) is 2.58. The molecule has 1 heterocycles. The van der Waals surface area contributed by atoms with Gasteiger partial charge in [0.15, 0.2) is 0 Å². The van der Waals surface area contributed by atoms with Gasteiger partial charge in [-0.25, -0.2) is 8.42 Å². The molecule has 5 nitrogen and oxygen atoms in total. The van der Waals surface area contributed by atoms with Gasteiger partial charge in [0.25, 0.3) is 0 Å². The van der Waals surface area contributed by atoms with Crippen LogP contribution in [-0.2, 0) is 10.0 Å². The number of benzene rings is 1. The van der Waals surface area contributed by atoms with Gasteiger partial charge in [0.2, 0.25) is 10.0 Å². The first-order chi connectivity index (χ1) is 8.95. The third-order valence-corrected chi connectivity index (χ3v) is 5.37. The van der Waals surface area contributed by atoms with Crippen molar-refractivity contribution in [2.75, 3.05) is 13.1 Å². The smallest absolute Gasteiger partial charge is 0.243 e. The number of sulfonamides is 1. The molecular weight excluding hydrogens is 262 g/mol. The summed E-state index contributed by atoms with van der Waals surface area (Å²) in [5.74, 6) is 0. The van der Waals surface area contributed by atoms with Gasteiger partial charge in [-0.1, -0.05) is 0 Å². The highest BCUT2D eigenvalue weighted by Crippen LogP contribution is 2.23. The molecule has 0 radical (unpaired) electrons. The normalized spacial score (nSPS) is 21.0. The van der Waals surface area contributed by atoms with Crippen LogP contribution in [0.1, 0.15) is 24.0 Å². The lowest BCUT2D eigenvalue weighted by Gasteiger charge is -2.30. The quantitative estimate of drug-likeness (QED) is 0.874. The molecule has 6 heteroatoms. The largest absolute Gasteiger partial charge is 0.327 e. The fourth-order valence-corrected chi connectivity index (χ4v) is 4.08. The van der Waals surface area contributed by atoms with Gasteiger partial charge in [0, 0.05) is 19.1 Å². The lowest BCUT2D eigenvalue weighted by molar-refractivity contribution is 0.316. The Labute approximate surface area is 113 Å². The topological polar surface area (TPSA) is 87.2 Å². The van der Waals surface area contributed by atoms with Gasteiger partial charge in [-0.05, 0) is 43.5 Å². The third-order valence-electron chi connectivity index (χ3n) is 3.34. The van der Waals surface area contributed by atoms with Crippen molar-refractivity contribution in [2.45, 2.75) is 30.7 Å². The van der Waals surface area contributed by atoms with E-state index >= 15 is 0 Å². The minimum absolute atomic E-state index is 0.0952. The number of hydrogen-bond donors (Lipinski definition) is 1. The van der Waals surface area contributed by atoms with Crippen LogP contribution in [0.3, 0.4) is 0 Å². The predicted octanol–water partition coefficient (Wildman–Crippen LogP) is 0.978. The summed E-state index contributed by atoms with van der Waals surface area (Å²) >= 11 is 0. The molecular formula is C13H17N3O2S. The molecule has 2 rings (SSSR count). The Kier molecular flexibility index (Phi) is 3.90. The summed E-state index contributed by atoms with van der Waals surface area (Å²) in [6, 6.07) is 6.54. The molecule has 0 spiro atoms. The maximum atomic E-state index is 12.5. The zero-order chi connectivity index (χ0) is 14.0. The highest BCUT2D eigenvalue weighted by atomic mass is 32.2. The lowest BCUT2D eigenvalue weighted by Crippen LogP contribution is -2.45. The van der Waals surface area contributed by atoms with E-state index in [9.17, 15) is 8.42 Å². The summed E-state index contributed by atoms with van der Waals surface area (Å²) in [4.78, 5) is 0.264. The van der Waals surface area contributed by atoms with Gasteiger partial charge in [0.05, 0.1) is 16.5 Å². The van der Waals surface area contributed by atoms with Crippen molar-refractivity contribution in [3.8, 4) is 6.07 Å². The molecule has 1 aliphatic rings. The van der Waals surface area contributed by atoms with Gasteiger partial charge < -0.3 is 5.73 Å². The molecule has 1 fully saturated rings. The summed E-state index contributed by atoms with van der Waals surface area (Å²) in [5.41, 5.74) is 6.89. The van der Waals surface area contributed by atoms with E-state index in [1.165, 1.54) is 16.4 Å². The minimum atomic E-state index is -3.51. The van der Waals surface area contributed by atoms with Crippen LogP contribution >= 0.6 is 0 Å². The van der Waals surface area contributed by atoms with Crippen LogP contribution in [0.2, 0.25) is 0 Å². The number of piperidine rings is 1. The van der Waals surface area contributed by atoms with Crippen molar-refractivity contribution in [3.63, 3.8) is 0 Å². The van der Waals surface area contributed by atoms with E-state index in [-0.39, 0.29) is 10.9 Å². The van der Waals surface area contributed by atoms with Crippen molar-refractivity contribution >= 4 is 10.0 Å². The average Bonchev–Trinajstić information content (AvgIpc) is 2.38. The zero-order valence-electron chi connectivity index (χ0n) is 10.8. The number of rotatable bonds is 2. The summed E-state index contributed by atoms with van der Waals surface area (Å²) in [6.07, 6.45) is 1.65. The highest BCUT2D eigenvalue weighted by molar-refractivity contribution is 7.89. The molecule has 1 saturated heterocycles. The molecule has 1 aliphatic heterocycles. The molecule has 19 heavy (non-hydrogen) atoms. The first-order valence-corrected chi connectivity index (χ1v) is 7.65. The monoisotopic (exact) mass is 279 g/mol. The van der Waals surface area contributed by atoms with E-state index in [0.29, 0.717) is 24.2 Å². The number of nitrogens with two attached hydrogens (primary N) is 1. The Hall–Kier alpha value is -1.42. The second-order valence-corrected chi connectivity index (χ2v) is 6.76. The van der Waals surface area contributed by atoms with E-state index in [1.807, 2.05) is 6.07 Å². The van der Waals surface area contributed by atoms with Crippen LogP contribution in [0.4, 0.5) is 0 Å². The van der Waals surface area contributed by atoms with Crippen LogP contribution < -0.4 is 5.73 Å². The van der Waals surface area contributed by atoms with Crippen LogP contribution in [0, 0.1) is 18.3 Å². The van der Waals surface area contributed by atoms with Crippen molar-refractivity contribution in [1.29, 1.82) is 5.26 Å². The van der Waals surface area contributed by atoms with E-state index < -0.39 is 10.0 Å². The Morgan fingerprint density at radius 2 is 2.21 bits per heavy atom. The van der Waals surface area contributed by atoms with Crippen LogP contribution in [0.25, 0.3) is 0 Å². The average molecular weight is 279 g/mol. The summed E-state index contributed by atoms with van der Waals surface area (Å²) in [7, 11) is -3.51. The molecule has 0 unspecified atom stereocenters. The molecule has 2 N–H and O–H groups in total. The molecule has 1 aromatic rings. The molecule has 0 aliphatic carbocycles. The minimum Gasteiger partial charge on any atom is -0.327 e. The fraction of sp³-hybridized carbons (Fsp3) is 0.462. The molecule has 0 saturated carbocycles. The SMILES string of the molecule is Cc1cc(C#N)ccc1S(=O)(=O)N1CCC[C@@H](N)C1. The van der Waals surface area contributed by atoms with Gasteiger partial charge in [-0.15, -0.1) is 0 Å². The zero-order valence-corrected chi connectivity index (χ0v) is 11.7. The van der Waals surface area contributed by atoms with Crippen molar-refractivity contribution in [1.82, 2.24) is 4.31 Å². The Morgan fingerprint density at radius 3 is 2.79 bits per heavy atom. The first-order valence-electron chi connectivity index (χ1n) is 6.21. The van der Waals surface area contributed by atoms with Gasteiger partial charge in [0.1, 0.15) is 0 Å². The fourth-order valence-electron chi connectivity index (χ4n) is 2.34. The first kappa shape index (κ1) is 14.0. The molecule has 1 aromatic carbocycles. The lowest BCUT2D eigenvalue weighted by atomic mass is 10.1. The number of aryl methyl sites for hydroxylation is 1. The summed E-state index contributed by atoms with van der Waals surface area (Å²) in [5, 5.41) is 8.81. The molecule has 1 atom stereocenters. The Bertz CT molecular complexity index is 619. The van der Waals surface area contributed by atoms with Gasteiger partial charge in [-0.3, -0.25) is 0 Å². The maximum Gasteiger partial charge on any atom is 0.243 e. The standard InChI is InChI=1S/C13H17N3O2S/c1-10-7-11(8-14)4-5-13(10)19(17,18)16-6-2-3-12(15)9-16/h4-5,7,12H,2-3,6,9,15H2,1H3/t12-/m1/s1. The Morgan fingerprint density at radius 1 is 1.47 bits per heavy atom. The van der Waals surface area contributed by atoms with E-state index in [0.717, 1.165) is 12.8 Å². The molecule has 102 valence electrons. The number of hydrogen-bond acceptors (Lipinski definition) is 4. The van der Waals surface area contributed by atoms with Crippen LogP contribution in [-0.4, -0.2) is 31.9 Å².